The number of aliphatic hydroxyl groups is 1. The van der Waals surface area contributed by atoms with Gasteiger partial charge in [-0.05, 0) is 49.6 Å². The first-order valence-corrected chi connectivity index (χ1v) is 10.7. The minimum Gasteiger partial charge on any atom is -0.493 e. The van der Waals surface area contributed by atoms with E-state index in [9.17, 15) is 9.90 Å². The Kier molecular flexibility index (Phi) is 6.25. The molecular weight excluding hydrogens is 394 g/mol. The molecule has 1 aliphatic rings. The highest BCUT2D eigenvalue weighted by Crippen LogP contribution is 2.30. The average Bonchev–Trinajstić information content (AvgIpc) is 2.79. The molecule has 0 bridgehead atoms. The van der Waals surface area contributed by atoms with E-state index in [4.69, 9.17) is 9.47 Å². The molecule has 3 aromatic rings. The van der Waals surface area contributed by atoms with Crippen molar-refractivity contribution in [1.82, 2.24) is 14.5 Å². The maximum Gasteiger partial charge on any atom is 0.261 e. The molecule has 7 heteroatoms. The molecular formula is C24H29N3O4. The van der Waals surface area contributed by atoms with Crippen LogP contribution in [-0.4, -0.2) is 52.0 Å². The van der Waals surface area contributed by atoms with E-state index in [1.807, 2.05) is 37.3 Å². The summed E-state index contributed by atoms with van der Waals surface area (Å²) in [4.78, 5) is 19.4. The fourth-order valence-corrected chi connectivity index (χ4v) is 4.16. The summed E-state index contributed by atoms with van der Waals surface area (Å²) in [5.74, 6) is 1.48. The van der Waals surface area contributed by atoms with Crippen LogP contribution in [-0.2, 0) is 13.1 Å². The van der Waals surface area contributed by atoms with Crippen LogP contribution in [0.3, 0.4) is 0 Å². The highest BCUT2D eigenvalue weighted by Gasteiger charge is 2.33. The van der Waals surface area contributed by atoms with Crippen molar-refractivity contribution in [2.45, 2.75) is 38.5 Å². The topological polar surface area (TPSA) is 76.8 Å². The predicted molar refractivity (Wildman–Crippen MR) is 120 cm³/mol. The number of para-hydroxylation sites is 1. The molecule has 1 aromatic heterocycles. The van der Waals surface area contributed by atoms with Gasteiger partial charge in [-0.2, -0.15) is 0 Å². The second kappa shape index (κ2) is 9.08. The van der Waals surface area contributed by atoms with E-state index >= 15 is 0 Å². The summed E-state index contributed by atoms with van der Waals surface area (Å²) >= 11 is 0. The van der Waals surface area contributed by atoms with Crippen LogP contribution < -0.4 is 15.0 Å². The van der Waals surface area contributed by atoms with Crippen molar-refractivity contribution in [2.75, 3.05) is 26.8 Å². The first kappa shape index (κ1) is 21.3. The minimum atomic E-state index is -0.916. The van der Waals surface area contributed by atoms with Crippen LogP contribution in [0.15, 0.2) is 53.6 Å². The number of nitrogens with zero attached hydrogens (tertiary/aromatic N) is 3. The molecule has 0 radical (unpaired) electrons. The number of fused-ring (bicyclic) bond motifs is 1. The Balaban J connectivity index is 1.40. The van der Waals surface area contributed by atoms with Crippen LogP contribution in [0, 0.1) is 0 Å². The van der Waals surface area contributed by atoms with E-state index < -0.39 is 5.60 Å². The number of rotatable bonds is 7. The number of piperidine rings is 1. The normalized spacial score (nSPS) is 16.4. The average molecular weight is 424 g/mol. The van der Waals surface area contributed by atoms with Gasteiger partial charge in [-0.25, -0.2) is 4.98 Å². The largest absolute Gasteiger partial charge is 0.493 e. The second-order valence-electron chi connectivity index (χ2n) is 8.11. The summed E-state index contributed by atoms with van der Waals surface area (Å²) in [6.07, 6.45) is 2.74. The van der Waals surface area contributed by atoms with Gasteiger partial charge in [0, 0.05) is 19.6 Å². The molecule has 0 unspecified atom stereocenters. The van der Waals surface area contributed by atoms with E-state index in [1.165, 1.54) is 4.57 Å². The molecule has 1 N–H and O–H groups in total. The lowest BCUT2D eigenvalue weighted by Crippen LogP contribution is -2.47. The zero-order valence-electron chi connectivity index (χ0n) is 18.1. The van der Waals surface area contributed by atoms with E-state index in [1.54, 1.807) is 19.5 Å². The van der Waals surface area contributed by atoms with Crippen molar-refractivity contribution in [3.8, 4) is 11.5 Å². The van der Waals surface area contributed by atoms with Crippen LogP contribution in [0.25, 0.3) is 10.9 Å². The third-order valence-electron chi connectivity index (χ3n) is 5.92. The van der Waals surface area contributed by atoms with Crippen molar-refractivity contribution in [2.24, 2.45) is 0 Å². The zero-order chi connectivity index (χ0) is 21.8. The lowest BCUT2D eigenvalue weighted by atomic mass is 9.91. The third kappa shape index (κ3) is 4.73. The van der Waals surface area contributed by atoms with Crippen molar-refractivity contribution in [3.63, 3.8) is 0 Å². The molecule has 1 saturated heterocycles. The van der Waals surface area contributed by atoms with Gasteiger partial charge in [-0.15, -0.1) is 0 Å². The smallest absolute Gasteiger partial charge is 0.261 e. The number of benzene rings is 2. The molecule has 7 nitrogen and oxygen atoms in total. The number of aromatic nitrogens is 2. The van der Waals surface area contributed by atoms with E-state index in [2.05, 4.69) is 16.0 Å². The molecule has 1 aliphatic heterocycles. The Hall–Kier alpha value is -2.90. The van der Waals surface area contributed by atoms with Gasteiger partial charge in [-0.1, -0.05) is 18.2 Å². The molecule has 0 aliphatic carbocycles. The van der Waals surface area contributed by atoms with Crippen molar-refractivity contribution in [1.29, 1.82) is 0 Å². The van der Waals surface area contributed by atoms with E-state index in [-0.39, 0.29) is 12.1 Å². The number of hydrogen-bond donors (Lipinski definition) is 1. The number of hydrogen-bond acceptors (Lipinski definition) is 6. The van der Waals surface area contributed by atoms with Gasteiger partial charge < -0.3 is 14.6 Å². The van der Waals surface area contributed by atoms with Gasteiger partial charge in [0.2, 0.25) is 0 Å². The summed E-state index contributed by atoms with van der Waals surface area (Å²) in [5.41, 5.74) is 0.793. The first-order valence-electron chi connectivity index (χ1n) is 10.7. The van der Waals surface area contributed by atoms with Crippen LogP contribution in [0.5, 0.6) is 11.5 Å². The van der Waals surface area contributed by atoms with Gasteiger partial charge in [-0.3, -0.25) is 14.3 Å². The van der Waals surface area contributed by atoms with Gasteiger partial charge in [0.05, 0.1) is 43.1 Å². The second-order valence-corrected chi connectivity index (χ2v) is 8.11. The molecule has 0 atom stereocenters. The molecule has 0 saturated carbocycles. The molecule has 164 valence electrons. The highest BCUT2D eigenvalue weighted by atomic mass is 16.5. The molecule has 0 amide bonds. The standard InChI is InChI=1S/C24H29N3O4/c1-3-31-21-9-8-18(14-22(21)30-2)15-26-12-10-24(29,11-13-26)16-27-17-25-20-7-5-4-6-19(20)23(27)28/h4-9,14,17,29H,3,10-13,15-16H2,1-2H3. The summed E-state index contributed by atoms with van der Waals surface area (Å²) in [5, 5.41) is 11.7. The lowest BCUT2D eigenvalue weighted by Gasteiger charge is -2.38. The molecule has 2 aromatic carbocycles. The zero-order valence-corrected chi connectivity index (χ0v) is 18.1. The van der Waals surface area contributed by atoms with Gasteiger partial charge in [0.25, 0.3) is 5.56 Å². The summed E-state index contributed by atoms with van der Waals surface area (Å²) in [6.45, 7) is 5.08. The summed E-state index contributed by atoms with van der Waals surface area (Å²) < 4.78 is 12.6. The van der Waals surface area contributed by atoms with Crippen molar-refractivity contribution < 1.29 is 14.6 Å². The maximum absolute atomic E-state index is 12.8. The number of ether oxygens (including phenoxy) is 2. The van der Waals surface area contributed by atoms with E-state index in [0.29, 0.717) is 30.4 Å². The Morgan fingerprint density at radius 2 is 1.90 bits per heavy atom. The first-order chi connectivity index (χ1) is 15.0. The van der Waals surface area contributed by atoms with Crippen molar-refractivity contribution >= 4 is 10.9 Å². The van der Waals surface area contributed by atoms with Gasteiger partial charge >= 0.3 is 0 Å². The Labute approximate surface area is 181 Å². The fourth-order valence-electron chi connectivity index (χ4n) is 4.16. The van der Waals surface area contributed by atoms with Gasteiger partial charge in [0.1, 0.15) is 0 Å². The Bertz CT molecular complexity index is 1100. The molecule has 2 heterocycles. The third-order valence-corrected chi connectivity index (χ3v) is 5.92. The Morgan fingerprint density at radius 1 is 1.13 bits per heavy atom. The van der Waals surface area contributed by atoms with Crippen LogP contribution in [0.1, 0.15) is 25.3 Å². The van der Waals surface area contributed by atoms with Crippen LogP contribution >= 0.6 is 0 Å². The summed E-state index contributed by atoms with van der Waals surface area (Å²) in [6, 6.07) is 13.3. The quantitative estimate of drug-likeness (QED) is 0.630. The monoisotopic (exact) mass is 423 g/mol. The molecule has 0 spiro atoms. The fraction of sp³-hybridized carbons (Fsp3) is 0.417. The summed E-state index contributed by atoms with van der Waals surface area (Å²) in [7, 11) is 1.65. The van der Waals surface area contributed by atoms with Crippen LogP contribution in [0.4, 0.5) is 0 Å². The number of methoxy groups -OCH3 is 1. The lowest BCUT2D eigenvalue weighted by molar-refractivity contribution is -0.0365. The van der Waals surface area contributed by atoms with E-state index in [0.717, 1.165) is 36.7 Å². The minimum absolute atomic E-state index is 0.108. The molecule has 4 rings (SSSR count). The van der Waals surface area contributed by atoms with Crippen molar-refractivity contribution in [3.05, 3.63) is 64.7 Å². The maximum atomic E-state index is 12.8. The highest BCUT2D eigenvalue weighted by molar-refractivity contribution is 5.76. The van der Waals surface area contributed by atoms with Crippen LogP contribution in [0.2, 0.25) is 0 Å². The molecule has 31 heavy (non-hydrogen) atoms. The SMILES string of the molecule is CCOc1ccc(CN2CCC(O)(Cn3cnc4ccccc4c3=O)CC2)cc1OC. The molecule has 1 fully saturated rings. The number of likely N-dealkylation sites (tertiary alicyclic amines) is 1. The Morgan fingerprint density at radius 3 is 2.65 bits per heavy atom. The van der Waals surface area contributed by atoms with Gasteiger partial charge in [0.15, 0.2) is 11.5 Å². The predicted octanol–water partition coefficient (Wildman–Crippen LogP) is 2.83.